The smallest absolute Gasteiger partial charge is 0.242 e. The number of aromatic amines is 1. The van der Waals surface area contributed by atoms with Crippen molar-refractivity contribution in [3.8, 4) is 17.2 Å². The summed E-state index contributed by atoms with van der Waals surface area (Å²) >= 11 is 0. The Bertz CT molecular complexity index is 1280. The number of amides is 1. The number of H-pyrrole nitrogens is 1. The second-order valence-electron chi connectivity index (χ2n) is 9.96. The average molecular weight is 476 g/mol. The summed E-state index contributed by atoms with van der Waals surface area (Å²) in [5.74, 6) is -0.528. The molecule has 3 heterocycles. The third-order valence-corrected chi connectivity index (χ3v) is 7.55. The van der Waals surface area contributed by atoms with Gasteiger partial charge in [0, 0.05) is 42.7 Å². The van der Waals surface area contributed by atoms with Crippen LogP contribution in [0.3, 0.4) is 0 Å². The fraction of sp³-hybridized carbons (Fsp3) is 0.444. The number of piperidine rings is 1. The molecule has 3 aromatic rings. The monoisotopic (exact) mass is 475 g/mol. The summed E-state index contributed by atoms with van der Waals surface area (Å²) in [5.41, 5.74) is 3.76. The van der Waals surface area contributed by atoms with Gasteiger partial charge in [0.25, 0.3) is 0 Å². The van der Waals surface area contributed by atoms with Crippen LogP contribution in [-0.4, -0.2) is 75.7 Å². The molecule has 1 aliphatic heterocycles. The van der Waals surface area contributed by atoms with Gasteiger partial charge in [0.05, 0.1) is 17.8 Å². The van der Waals surface area contributed by atoms with Crippen molar-refractivity contribution in [1.29, 1.82) is 5.26 Å². The maximum Gasteiger partial charge on any atom is 0.242 e. The van der Waals surface area contributed by atoms with Gasteiger partial charge in [0.2, 0.25) is 5.91 Å². The summed E-state index contributed by atoms with van der Waals surface area (Å²) in [6, 6.07) is 9.53. The SMILES string of the molecule is Cc1cc(-c2ccnc3[nH]cc(C#N)c23)ccc1C1(O)[C@H](C)CN(C(=O)[C@@H](CO)N(C)C)C[C@@H]1C. The molecule has 4 atom stereocenters. The number of hydrogen-bond donors (Lipinski definition) is 3. The predicted octanol–water partition coefficient (Wildman–Crippen LogP) is 2.63. The van der Waals surface area contributed by atoms with E-state index in [1.807, 2.05) is 45.0 Å². The van der Waals surface area contributed by atoms with Gasteiger partial charge in [-0.15, -0.1) is 0 Å². The van der Waals surface area contributed by atoms with E-state index in [2.05, 4.69) is 16.0 Å². The standard InChI is InChI=1S/C27H33N5O3/c1-16-10-19(21-8-9-29-25-24(21)20(11-28)12-30-25)6-7-22(16)27(35)17(2)13-32(14-18(27)3)26(34)23(15-33)31(4)5/h6-10,12,17-18,23,33,35H,13-15H2,1-5H3,(H,29,30)/t17-,18+,23-,27?/m1/s1. The lowest BCUT2D eigenvalue weighted by Gasteiger charge is -2.49. The molecule has 1 unspecified atom stereocenters. The van der Waals surface area contributed by atoms with E-state index in [1.165, 1.54) is 0 Å². The molecular formula is C27H33N5O3. The number of nitriles is 1. The van der Waals surface area contributed by atoms with Crippen molar-refractivity contribution in [1.82, 2.24) is 19.8 Å². The number of carbonyl (C=O) groups is 1. The lowest BCUT2D eigenvalue weighted by Crippen LogP contribution is -2.59. The first kappa shape index (κ1) is 24.9. The third kappa shape index (κ3) is 4.10. The van der Waals surface area contributed by atoms with Crippen molar-refractivity contribution in [3.05, 3.63) is 53.3 Å². The Labute approximate surface area is 205 Å². The lowest BCUT2D eigenvalue weighted by atomic mass is 9.69. The summed E-state index contributed by atoms with van der Waals surface area (Å²) in [5, 5.41) is 32.0. The number of nitrogens with zero attached hydrogens (tertiary/aromatic N) is 4. The first-order valence-electron chi connectivity index (χ1n) is 11.9. The number of nitrogens with one attached hydrogen (secondary N) is 1. The van der Waals surface area contributed by atoms with Crippen LogP contribution in [0.5, 0.6) is 0 Å². The molecule has 8 nitrogen and oxygen atoms in total. The number of rotatable bonds is 5. The molecule has 3 N–H and O–H groups in total. The highest BCUT2D eigenvalue weighted by Gasteiger charge is 2.48. The molecule has 0 aliphatic carbocycles. The van der Waals surface area contributed by atoms with Crippen molar-refractivity contribution in [2.24, 2.45) is 11.8 Å². The quantitative estimate of drug-likeness (QED) is 0.522. The zero-order valence-electron chi connectivity index (χ0n) is 20.9. The van der Waals surface area contributed by atoms with Crippen LogP contribution in [0.4, 0.5) is 0 Å². The molecule has 4 rings (SSSR count). The number of aromatic nitrogens is 2. The number of aliphatic hydroxyl groups excluding tert-OH is 1. The van der Waals surface area contributed by atoms with Crippen LogP contribution >= 0.6 is 0 Å². The minimum atomic E-state index is -1.11. The average Bonchev–Trinajstić information content (AvgIpc) is 3.25. The van der Waals surface area contributed by atoms with Gasteiger partial charge >= 0.3 is 0 Å². The number of pyridine rings is 1. The van der Waals surface area contributed by atoms with E-state index < -0.39 is 11.6 Å². The van der Waals surface area contributed by atoms with Gasteiger partial charge in [-0.1, -0.05) is 32.0 Å². The maximum absolute atomic E-state index is 13.0. The molecule has 0 radical (unpaired) electrons. The minimum Gasteiger partial charge on any atom is -0.394 e. The first-order valence-corrected chi connectivity index (χ1v) is 11.9. The lowest BCUT2D eigenvalue weighted by molar-refractivity contribution is -0.154. The Morgan fingerprint density at radius 2 is 2.00 bits per heavy atom. The molecule has 1 aromatic carbocycles. The summed E-state index contributed by atoms with van der Waals surface area (Å²) in [4.78, 5) is 23.9. The Balaban J connectivity index is 1.67. The van der Waals surface area contributed by atoms with Crippen LogP contribution in [0.15, 0.2) is 36.7 Å². The molecule has 184 valence electrons. The first-order chi connectivity index (χ1) is 16.6. The van der Waals surface area contributed by atoms with Gasteiger partial charge < -0.3 is 20.1 Å². The van der Waals surface area contributed by atoms with Gasteiger partial charge in [-0.05, 0) is 49.3 Å². The van der Waals surface area contributed by atoms with E-state index in [-0.39, 0.29) is 24.3 Å². The van der Waals surface area contributed by atoms with Crippen LogP contribution in [0.1, 0.15) is 30.5 Å². The largest absolute Gasteiger partial charge is 0.394 e. The number of hydrogen-bond acceptors (Lipinski definition) is 6. The van der Waals surface area contributed by atoms with Crippen molar-refractivity contribution in [3.63, 3.8) is 0 Å². The minimum absolute atomic E-state index is 0.119. The van der Waals surface area contributed by atoms with E-state index in [0.29, 0.717) is 24.3 Å². The Hall–Kier alpha value is -3.25. The van der Waals surface area contributed by atoms with Gasteiger partial charge in [-0.3, -0.25) is 9.69 Å². The van der Waals surface area contributed by atoms with Gasteiger partial charge in [0.1, 0.15) is 17.8 Å². The number of likely N-dealkylation sites (N-methyl/N-ethyl adjacent to an activating group) is 1. The normalized spacial score (nSPS) is 23.5. The van der Waals surface area contributed by atoms with Gasteiger partial charge in [-0.2, -0.15) is 5.26 Å². The van der Waals surface area contributed by atoms with Crippen LogP contribution < -0.4 is 0 Å². The zero-order valence-corrected chi connectivity index (χ0v) is 20.9. The summed E-state index contributed by atoms with van der Waals surface area (Å²) in [6.07, 6.45) is 3.39. The Morgan fingerprint density at radius 1 is 1.31 bits per heavy atom. The second-order valence-corrected chi connectivity index (χ2v) is 9.96. The second kappa shape index (κ2) is 9.42. The highest BCUT2D eigenvalue weighted by molar-refractivity contribution is 5.97. The van der Waals surface area contributed by atoms with Crippen LogP contribution in [0, 0.1) is 30.1 Å². The number of carbonyl (C=O) groups excluding carboxylic acids is 1. The Morgan fingerprint density at radius 3 is 2.57 bits per heavy atom. The fourth-order valence-corrected chi connectivity index (χ4v) is 5.55. The summed E-state index contributed by atoms with van der Waals surface area (Å²) in [7, 11) is 3.56. The van der Waals surface area contributed by atoms with Crippen molar-refractivity contribution < 1.29 is 15.0 Å². The molecular weight excluding hydrogens is 442 g/mol. The van der Waals surface area contributed by atoms with E-state index in [0.717, 1.165) is 27.6 Å². The molecule has 1 amide bonds. The molecule has 1 saturated heterocycles. The van der Waals surface area contributed by atoms with Gasteiger partial charge in [-0.25, -0.2) is 4.98 Å². The molecule has 1 fully saturated rings. The topological polar surface area (TPSA) is 116 Å². The molecule has 35 heavy (non-hydrogen) atoms. The van der Waals surface area contributed by atoms with E-state index in [1.54, 1.807) is 36.3 Å². The number of fused-ring (bicyclic) bond motifs is 1. The van der Waals surface area contributed by atoms with Crippen molar-refractivity contribution in [2.45, 2.75) is 32.4 Å². The predicted molar refractivity (Wildman–Crippen MR) is 134 cm³/mol. The summed E-state index contributed by atoms with van der Waals surface area (Å²) in [6.45, 7) is 6.50. The molecule has 0 saturated carbocycles. The van der Waals surface area contributed by atoms with E-state index in [4.69, 9.17) is 0 Å². The molecule has 8 heteroatoms. The van der Waals surface area contributed by atoms with Crippen LogP contribution in [0.2, 0.25) is 0 Å². The number of likely N-dealkylation sites (tertiary alicyclic amines) is 1. The highest BCUT2D eigenvalue weighted by Crippen LogP contribution is 2.43. The molecule has 2 aromatic heterocycles. The summed E-state index contributed by atoms with van der Waals surface area (Å²) < 4.78 is 0. The Kier molecular flexibility index (Phi) is 6.69. The third-order valence-electron chi connectivity index (χ3n) is 7.55. The van der Waals surface area contributed by atoms with Crippen LogP contribution in [0.25, 0.3) is 22.2 Å². The number of aliphatic hydroxyl groups is 2. The van der Waals surface area contributed by atoms with Crippen LogP contribution in [-0.2, 0) is 10.4 Å². The molecule has 0 spiro atoms. The highest BCUT2D eigenvalue weighted by atomic mass is 16.3. The van der Waals surface area contributed by atoms with Crippen molar-refractivity contribution in [2.75, 3.05) is 33.8 Å². The van der Waals surface area contributed by atoms with E-state index >= 15 is 0 Å². The fourth-order valence-electron chi connectivity index (χ4n) is 5.55. The number of aryl methyl sites for hydroxylation is 1. The molecule has 0 bridgehead atoms. The van der Waals surface area contributed by atoms with Gasteiger partial charge in [0.15, 0.2) is 0 Å². The zero-order chi connectivity index (χ0) is 25.5. The van der Waals surface area contributed by atoms with Crippen molar-refractivity contribution >= 4 is 16.9 Å². The number of benzene rings is 1. The maximum atomic E-state index is 13.0. The van der Waals surface area contributed by atoms with E-state index in [9.17, 15) is 20.3 Å². The molecule has 1 aliphatic rings.